The van der Waals surface area contributed by atoms with Gasteiger partial charge in [-0.2, -0.15) is 0 Å². The second-order valence-corrected chi connectivity index (χ2v) is 5.81. The fourth-order valence-electron chi connectivity index (χ4n) is 2.53. The largest absolute Gasteiger partial charge is 0.493 e. The molecule has 1 aromatic heterocycles. The molecule has 0 saturated carbocycles. The molecule has 1 atom stereocenters. The third kappa shape index (κ3) is 2.75. The number of Topliss-reactive ketones (excluding diaryl/α,β-unsaturated/α-hetero) is 1. The summed E-state index contributed by atoms with van der Waals surface area (Å²) in [6.45, 7) is 0.672. The summed E-state index contributed by atoms with van der Waals surface area (Å²) in [5, 5.41) is 0. The van der Waals surface area contributed by atoms with E-state index in [1.807, 2.05) is 30.3 Å². The number of halogens is 1. The van der Waals surface area contributed by atoms with Gasteiger partial charge in [-0.3, -0.25) is 9.78 Å². The lowest BCUT2D eigenvalue weighted by atomic mass is 9.87. The van der Waals surface area contributed by atoms with E-state index in [0.29, 0.717) is 18.6 Å². The van der Waals surface area contributed by atoms with Gasteiger partial charge in [-0.05, 0) is 46.0 Å². The van der Waals surface area contributed by atoms with Crippen LogP contribution in [0.2, 0.25) is 0 Å². The molecule has 1 aromatic carbocycles. The predicted octanol–water partition coefficient (Wildman–Crippen LogP) is 3.98. The van der Waals surface area contributed by atoms with Crippen LogP contribution in [0, 0.1) is 0 Å². The molecule has 0 saturated heterocycles. The lowest BCUT2D eigenvalue weighted by molar-refractivity contribution is 0.0965. The third-order valence-corrected chi connectivity index (χ3v) is 3.98. The van der Waals surface area contributed by atoms with E-state index in [1.165, 1.54) is 0 Å². The minimum Gasteiger partial charge on any atom is -0.493 e. The molecule has 2 aromatic rings. The number of para-hydroxylation sites is 1. The summed E-state index contributed by atoms with van der Waals surface area (Å²) in [5.41, 5.74) is 1.79. The van der Waals surface area contributed by atoms with Crippen LogP contribution < -0.4 is 4.74 Å². The van der Waals surface area contributed by atoms with E-state index in [9.17, 15) is 4.79 Å². The molecule has 102 valence electrons. The van der Waals surface area contributed by atoms with Crippen molar-refractivity contribution < 1.29 is 9.53 Å². The van der Waals surface area contributed by atoms with Crippen LogP contribution in [0.15, 0.2) is 47.2 Å². The Bertz CT molecular complexity index is 642. The van der Waals surface area contributed by atoms with Gasteiger partial charge >= 0.3 is 0 Å². The van der Waals surface area contributed by atoms with Crippen LogP contribution in [0.5, 0.6) is 5.75 Å². The molecule has 2 heterocycles. The number of hydrogen-bond donors (Lipinski definition) is 0. The Labute approximate surface area is 126 Å². The van der Waals surface area contributed by atoms with Crippen LogP contribution in [0.1, 0.15) is 34.7 Å². The summed E-state index contributed by atoms with van der Waals surface area (Å²) in [6, 6.07) is 9.78. The highest BCUT2D eigenvalue weighted by molar-refractivity contribution is 9.10. The normalized spacial score (nSPS) is 17.1. The number of hydrogen-bond acceptors (Lipinski definition) is 3. The van der Waals surface area contributed by atoms with E-state index in [-0.39, 0.29) is 11.7 Å². The van der Waals surface area contributed by atoms with Gasteiger partial charge in [0.15, 0.2) is 5.78 Å². The molecule has 4 heteroatoms. The predicted molar refractivity (Wildman–Crippen MR) is 80.2 cm³/mol. The van der Waals surface area contributed by atoms with Gasteiger partial charge in [-0.1, -0.05) is 18.2 Å². The van der Waals surface area contributed by atoms with Crippen molar-refractivity contribution in [1.29, 1.82) is 0 Å². The molecule has 1 unspecified atom stereocenters. The quantitative estimate of drug-likeness (QED) is 0.798. The Hall–Kier alpha value is -1.68. The fourth-order valence-corrected chi connectivity index (χ4v) is 2.90. The van der Waals surface area contributed by atoms with E-state index in [1.54, 1.807) is 12.4 Å². The zero-order chi connectivity index (χ0) is 13.9. The average molecular weight is 332 g/mol. The van der Waals surface area contributed by atoms with Crippen molar-refractivity contribution in [2.24, 2.45) is 0 Å². The lowest BCUT2D eigenvalue weighted by Crippen LogP contribution is -2.17. The molecule has 0 fully saturated rings. The van der Waals surface area contributed by atoms with Gasteiger partial charge in [0.2, 0.25) is 0 Å². The molecule has 0 radical (unpaired) electrons. The van der Waals surface area contributed by atoms with Gasteiger partial charge in [0.1, 0.15) is 5.75 Å². The Morgan fingerprint density at radius 2 is 2.20 bits per heavy atom. The van der Waals surface area contributed by atoms with E-state index in [2.05, 4.69) is 20.9 Å². The molecule has 3 rings (SSSR count). The van der Waals surface area contributed by atoms with Crippen LogP contribution in [-0.4, -0.2) is 17.4 Å². The summed E-state index contributed by atoms with van der Waals surface area (Å²) in [5.74, 6) is 1.26. The minimum absolute atomic E-state index is 0.125. The summed E-state index contributed by atoms with van der Waals surface area (Å²) in [7, 11) is 0. The second kappa shape index (κ2) is 5.75. The Balaban J connectivity index is 1.81. The first-order valence-electron chi connectivity index (χ1n) is 6.59. The smallest absolute Gasteiger partial charge is 0.165 e. The molecule has 0 N–H and O–H groups in total. The number of rotatable bonds is 3. The zero-order valence-electron chi connectivity index (χ0n) is 10.9. The van der Waals surface area contributed by atoms with Gasteiger partial charge in [0.05, 0.1) is 6.61 Å². The van der Waals surface area contributed by atoms with Gasteiger partial charge in [-0.25, -0.2) is 0 Å². The van der Waals surface area contributed by atoms with Crippen LogP contribution in [0.25, 0.3) is 0 Å². The molecule has 0 amide bonds. The molecule has 0 aliphatic carbocycles. The van der Waals surface area contributed by atoms with Crippen molar-refractivity contribution >= 4 is 21.7 Å². The number of ether oxygens (including phenoxy) is 1. The molecular weight excluding hydrogens is 318 g/mol. The van der Waals surface area contributed by atoms with Gasteiger partial charge in [0, 0.05) is 28.9 Å². The maximum atomic E-state index is 12.4. The second-order valence-electron chi connectivity index (χ2n) is 4.89. The minimum atomic E-state index is 0.125. The number of aromatic nitrogens is 1. The number of benzene rings is 1. The molecule has 1 aliphatic heterocycles. The summed E-state index contributed by atoms with van der Waals surface area (Å²) in [4.78, 5) is 16.4. The Morgan fingerprint density at radius 3 is 3.05 bits per heavy atom. The third-order valence-electron chi connectivity index (χ3n) is 3.54. The summed E-state index contributed by atoms with van der Waals surface area (Å²) < 4.78 is 6.46. The molecule has 0 spiro atoms. The standard InChI is InChI=1S/C16H14BrNO2/c17-13-7-12(9-18-10-13)15(19)8-11-5-6-20-16-4-2-1-3-14(11)16/h1-4,7,9-11H,5-6,8H2. The number of nitrogens with zero attached hydrogens (tertiary/aromatic N) is 1. The maximum absolute atomic E-state index is 12.4. The van der Waals surface area contributed by atoms with E-state index < -0.39 is 0 Å². The van der Waals surface area contributed by atoms with Gasteiger partial charge in [0.25, 0.3) is 0 Å². The zero-order valence-corrected chi connectivity index (χ0v) is 12.5. The van der Waals surface area contributed by atoms with Crippen LogP contribution in [-0.2, 0) is 0 Å². The maximum Gasteiger partial charge on any atom is 0.165 e. The summed E-state index contributed by atoms with van der Waals surface area (Å²) >= 11 is 3.35. The number of pyridine rings is 1. The first-order valence-corrected chi connectivity index (χ1v) is 7.39. The SMILES string of the molecule is O=C(CC1CCOc2ccccc21)c1cncc(Br)c1. The van der Waals surface area contributed by atoms with E-state index in [4.69, 9.17) is 4.74 Å². The fraction of sp³-hybridized carbons (Fsp3) is 0.250. The molecule has 1 aliphatic rings. The first-order chi connectivity index (χ1) is 9.74. The first kappa shape index (κ1) is 13.3. The highest BCUT2D eigenvalue weighted by atomic mass is 79.9. The average Bonchev–Trinajstić information content (AvgIpc) is 2.47. The van der Waals surface area contributed by atoms with Crippen molar-refractivity contribution in [2.45, 2.75) is 18.8 Å². The Morgan fingerprint density at radius 1 is 1.35 bits per heavy atom. The number of ketones is 1. The van der Waals surface area contributed by atoms with Crippen LogP contribution >= 0.6 is 15.9 Å². The highest BCUT2D eigenvalue weighted by Crippen LogP contribution is 2.36. The van der Waals surface area contributed by atoms with Crippen molar-refractivity contribution in [3.05, 3.63) is 58.3 Å². The highest BCUT2D eigenvalue weighted by Gasteiger charge is 2.24. The number of carbonyl (C=O) groups excluding carboxylic acids is 1. The van der Waals surface area contributed by atoms with E-state index in [0.717, 1.165) is 22.2 Å². The van der Waals surface area contributed by atoms with Gasteiger partial charge < -0.3 is 4.74 Å². The van der Waals surface area contributed by atoms with Crippen molar-refractivity contribution in [2.75, 3.05) is 6.61 Å². The molecule has 3 nitrogen and oxygen atoms in total. The van der Waals surface area contributed by atoms with Crippen molar-refractivity contribution in [1.82, 2.24) is 4.98 Å². The molecular formula is C16H14BrNO2. The summed E-state index contributed by atoms with van der Waals surface area (Å²) in [6.07, 6.45) is 4.68. The van der Waals surface area contributed by atoms with Crippen LogP contribution in [0.3, 0.4) is 0 Å². The lowest BCUT2D eigenvalue weighted by Gasteiger charge is -2.25. The number of carbonyl (C=O) groups is 1. The molecule has 0 bridgehead atoms. The van der Waals surface area contributed by atoms with Crippen molar-refractivity contribution in [3.8, 4) is 5.75 Å². The van der Waals surface area contributed by atoms with Crippen molar-refractivity contribution in [3.63, 3.8) is 0 Å². The Kier molecular flexibility index (Phi) is 3.83. The van der Waals surface area contributed by atoms with E-state index >= 15 is 0 Å². The van der Waals surface area contributed by atoms with Crippen LogP contribution in [0.4, 0.5) is 0 Å². The monoisotopic (exact) mass is 331 g/mol. The topological polar surface area (TPSA) is 39.2 Å². The number of fused-ring (bicyclic) bond motifs is 1. The van der Waals surface area contributed by atoms with Gasteiger partial charge in [-0.15, -0.1) is 0 Å². The molecule has 20 heavy (non-hydrogen) atoms.